The lowest BCUT2D eigenvalue weighted by Gasteiger charge is -2.26. The minimum absolute atomic E-state index is 0.0313. The van der Waals surface area contributed by atoms with Gasteiger partial charge in [-0.25, -0.2) is 9.37 Å². The van der Waals surface area contributed by atoms with E-state index in [1.807, 2.05) is 18.2 Å². The van der Waals surface area contributed by atoms with Gasteiger partial charge in [-0.15, -0.1) is 0 Å². The van der Waals surface area contributed by atoms with E-state index in [-0.39, 0.29) is 11.2 Å². The maximum absolute atomic E-state index is 13.8. The molecule has 1 aliphatic carbocycles. The third kappa shape index (κ3) is 1.70. The Hall–Kier alpha value is -1.48. The molecule has 0 bridgehead atoms. The lowest BCUT2D eigenvalue weighted by Crippen LogP contribution is -2.33. The second-order valence-corrected chi connectivity index (χ2v) is 5.20. The second kappa shape index (κ2) is 4.32. The molecule has 94 valence electrons. The molecule has 0 unspecified atom stereocenters. The number of fused-ring (bicyclic) bond motifs is 1. The minimum atomic E-state index is -0.250. The van der Waals surface area contributed by atoms with Gasteiger partial charge in [-0.1, -0.05) is 31.0 Å². The molecule has 1 aromatic carbocycles. The second-order valence-electron chi connectivity index (χ2n) is 5.20. The SMILES string of the molecule is NCC1(c2ccc3cccc(F)c3n2)CCCC1. The molecule has 0 atom stereocenters. The number of pyridine rings is 1. The van der Waals surface area contributed by atoms with Crippen LogP contribution >= 0.6 is 0 Å². The predicted octanol–water partition coefficient (Wildman–Crippen LogP) is 3.14. The van der Waals surface area contributed by atoms with Crippen LogP contribution in [0.15, 0.2) is 30.3 Å². The highest BCUT2D eigenvalue weighted by Gasteiger charge is 2.35. The minimum Gasteiger partial charge on any atom is -0.330 e. The Morgan fingerprint density at radius 1 is 1.17 bits per heavy atom. The number of nitrogens with two attached hydrogens (primary N) is 1. The van der Waals surface area contributed by atoms with Gasteiger partial charge in [-0.05, 0) is 25.0 Å². The summed E-state index contributed by atoms with van der Waals surface area (Å²) in [4.78, 5) is 4.54. The summed E-state index contributed by atoms with van der Waals surface area (Å²) < 4.78 is 13.8. The fourth-order valence-corrected chi connectivity index (χ4v) is 3.02. The van der Waals surface area contributed by atoms with Crippen LogP contribution in [0.2, 0.25) is 0 Å². The van der Waals surface area contributed by atoms with Crippen LogP contribution in [0.5, 0.6) is 0 Å². The molecule has 2 aromatic rings. The fourth-order valence-electron chi connectivity index (χ4n) is 3.02. The van der Waals surface area contributed by atoms with Gasteiger partial charge in [0, 0.05) is 23.0 Å². The fraction of sp³-hybridized carbons (Fsp3) is 0.400. The highest BCUT2D eigenvalue weighted by Crippen LogP contribution is 2.39. The molecule has 0 radical (unpaired) electrons. The van der Waals surface area contributed by atoms with Crippen LogP contribution in [-0.2, 0) is 5.41 Å². The zero-order chi connectivity index (χ0) is 12.6. The first-order chi connectivity index (χ1) is 8.75. The van der Waals surface area contributed by atoms with Crippen molar-refractivity contribution >= 4 is 10.9 Å². The summed E-state index contributed by atoms with van der Waals surface area (Å²) in [5.41, 5.74) is 7.34. The van der Waals surface area contributed by atoms with Crippen molar-refractivity contribution in [2.45, 2.75) is 31.1 Å². The third-order valence-electron chi connectivity index (χ3n) is 4.17. The summed E-state index contributed by atoms with van der Waals surface area (Å²) in [7, 11) is 0. The Bertz CT molecular complexity index is 574. The van der Waals surface area contributed by atoms with Crippen LogP contribution in [0.3, 0.4) is 0 Å². The van der Waals surface area contributed by atoms with Crippen molar-refractivity contribution in [2.75, 3.05) is 6.54 Å². The van der Waals surface area contributed by atoms with E-state index < -0.39 is 0 Å². The Balaban J connectivity index is 2.15. The smallest absolute Gasteiger partial charge is 0.149 e. The van der Waals surface area contributed by atoms with Gasteiger partial charge < -0.3 is 5.73 Å². The zero-order valence-electron chi connectivity index (χ0n) is 10.3. The molecule has 0 saturated heterocycles. The topological polar surface area (TPSA) is 38.9 Å². The maximum Gasteiger partial charge on any atom is 0.149 e. The zero-order valence-corrected chi connectivity index (χ0v) is 10.3. The Labute approximate surface area is 106 Å². The molecule has 1 fully saturated rings. The summed E-state index contributed by atoms with van der Waals surface area (Å²) in [6, 6.07) is 9.03. The number of rotatable bonds is 2. The Kier molecular flexibility index (Phi) is 2.78. The van der Waals surface area contributed by atoms with Gasteiger partial charge in [0.25, 0.3) is 0 Å². The summed E-state index contributed by atoms with van der Waals surface area (Å²) in [6.07, 6.45) is 4.51. The van der Waals surface area contributed by atoms with Crippen LogP contribution in [-0.4, -0.2) is 11.5 Å². The molecule has 0 amide bonds. The van der Waals surface area contributed by atoms with E-state index in [9.17, 15) is 4.39 Å². The quantitative estimate of drug-likeness (QED) is 0.881. The molecular weight excluding hydrogens is 227 g/mol. The number of aromatic nitrogens is 1. The highest BCUT2D eigenvalue weighted by atomic mass is 19.1. The van der Waals surface area contributed by atoms with Gasteiger partial charge in [0.2, 0.25) is 0 Å². The average molecular weight is 244 g/mol. The molecule has 2 N–H and O–H groups in total. The van der Waals surface area contributed by atoms with E-state index in [2.05, 4.69) is 4.98 Å². The van der Waals surface area contributed by atoms with Crippen LogP contribution in [0.1, 0.15) is 31.4 Å². The summed E-state index contributed by atoms with van der Waals surface area (Å²) in [5, 5.41) is 0.851. The van der Waals surface area contributed by atoms with Crippen molar-refractivity contribution in [1.82, 2.24) is 4.98 Å². The van der Waals surface area contributed by atoms with Gasteiger partial charge in [-0.2, -0.15) is 0 Å². The molecule has 3 heteroatoms. The number of hydrogen-bond acceptors (Lipinski definition) is 2. The lowest BCUT2D eigenvalue weighted by molar-refractivity contribution is 0.440. The van der Waals surface area contributed by atoms with Crippen molar-refractivity contribution in [2.24, 2.45) is 5.73 Å². The molecule has 0 aliphatic heterocycles. The van der Waals surface area contributed by atoms with E-state index in [1.165, 1.54) is 18.9 Å². The Morgan fingerprint density at radius 3 is 2.67 bits per heavy atom. The van der Waals surface area contributed by atoms with Gasteiger partial charge in [-0.3, -0.25) is 0 Å². The standard InChI is InChI=1S/C15H17FN2/c16-12-5-3-4-11-6-7-13(18-14(11)12)15(10-17)8-1-2-9-15/h3-7H,1-2,8-10,17H2. The first kappa shape index (κ1) is 11.6. The number of para-hydroxylation sites is 1. The number of halogens is 1. The average Bonchev–Trinajstić information content (AvgIpc) is 2.89. The van der Waals surface area contributed by atoms with Gasteiger partial charge in [0.15, 0.2) is 0 Å². The lowest BCUT2D eigenvalue weighted by atomic mass is 9.82. The van der Waals surface area contributed by atoms with Gasteiger partial charge in [0.1, 0.15) is 11.3 Å². The Morgan fingerprint density at radius 2 is 1.94 bits per heavy atom. The van der Waals surface area contributed by atoms with Crippen LogP contribution in [0.25, 0.3) is 10.9 Å². The summed E-state index contributed by atoms with van der Waals surface area (Å²) >= 11 is 0. The highest BCUT2D eigenvalue weighted by molar-refractivity contribution is 5.79. The van der Waals surface area contributed by atoms with E-state index in [4.69, 9.17) is 5.73 Å². The van der Waals surface area contributed by atoms with E-state index in [1.54, 1.807) is 6.07 Å². The molecule has 1 aliphatic rings. The molecule has 0 spiro atoms. The third-order valence-corrected chi connectivity index (χ3v) is 4.17. The van der Waals surface area contributed by atoms with Crippen molar-refractivity contribution in [3.63, 3.8) is 0 Å². The largest absolute Gasteiger partial charge is 0.330 e. The van der Waals surface area contributed by atoms with E-state index in [0.29, 0.717) is 12.1 Å². The van der Waals surface area contributed by atoms with Crippen molar-refractivity contribution < 1.29 is 4.39 Å². The first-order valence-electron chi connectivity index (χ1n) is 6.51. The van der Waals surface area contributed by atoms with E-state index in [0.717, 1.165) is 23.9 Å². The molecule has 1 heterocycles. The molecule has 1 aromatic heterocycles. The van der Waals surface area contributed by atoms with E-state index >= 15 is 0 Å². The normalized spacial score (nSPS) is 18.3. The summed E-state index contributed by atoms with van der Waals surface area (Å²) in [5.74, 6) is -0.250. The molecule has 2 nitrogen and oxygen atoms in total. The number of benzene rings is 1. The van der Waals surface area contributed by atoms with Gasteiger partial charge >= 0.3 is 0 Å². The van der Waals surface area contributed by atoms with Crippen molar-refractivity contribution in [3.05, 3.63) is 41.8 Å². The number of nitrogens with zero attached hydrogens (tertiary/aromatic N) is 1. The van der Waals surface area contributed by atoms with Gasteiger partial charge in [0.05, 0.1) is 0 Å². The van der Waals surface area contributed by atoms with Crippen LogP contribution < -0.4 is 5.73 Å². The monoisotopic (exact) mass is 244 g/mol. The van der Waals surface area contributed by atoms with Crippen LogP contribution in [0, 0.1) is 5.82 Å². The predicted molar refractivity (Wildman–Crippen MR) is 70.9 cm³/mol. The molecule has 18 heavy (non-hydrogen) atoms. The maximum atomic E-state index is 13.8. The van der Waals surface area contributed by atoms with Crippen molar-refractivity contribution in [1.29, 1.82) is 0 Å². The molecule has 1 saturated carbocycles. The first-order valence-corrected chi connectivity index (χ1v) is 6.51. The van der Waals surface area contributed by atoms with Crippen LogP contribution in [0.4, 0.5) is 4.39 Å². The molecular formula is C15H17FN2. The molecule has 3 rings (SSSR count). The number of hydrogen-bond donors (Lipinski definition) is 1. The summed E-state index contributed by atoms with van der Waals surface area (Å²) in [6.45, 7) is 0.597. The van der Waals surface area contributed by atoms with Crippen molar-refractivity contribution in [3.8, 4) is 0 Å².